The number of hydrogen-bond donors (Lipinski definition) is 1. The van der Waals surface area contributed by atoms with Crippen molar-refractivity contribution in [1.29, 1.82) is 0 Å². The molecule has 90 valence electrons. The molecule has 1 aliphatic heterocycles. The third-order valence-corrected chi connectivity index (χ3v) is 3.79. The molecule has 0 atom stereocenters. The Bertz CT molecular complexity index is 318. The molecule has 0 amide bonds. The van der Waals surface area contributed by atoms with Crippen LogP contribution in [-0.4, -0.2) is 55.1 Å². The van der Waals surface area contributed by atoms with Crippen LogP contribution >= 0.6 is 11.3 Å². The third kappa shape index (κ3) is 3.25. The molecule has 0 saturated carbocycles. The lowest BCUT2D eigenvalue weighted by Crippen LogP contribution is -2.43. The van der Waals surface area contributed by atoms with Gasteiger partial charge in [0.25, 0.3) is 0 Å². The van der Waals surface area contributed by atoms with E-state index in [0.717, 1.165) is 31.9 Å². The van der Waals surface area contributed by atoms with Crippen molar-refractivity contribution in [3.63, 3.8) is 0 Å². The van der Waals surface area contributed by atoms with E-state index in [-0.39, 0.29) is 0 Å². The van der Waals surface area contributed by atoms with E-state index in [9.17, 15) is 0 Å². The molecule has 1 aromatic rings. The summed E-state index contributed by atoms with van der Waals surface area (Å²) in [6.07, 6.45) is 0. The van der Waals surface area contributed by atoms with Crippen molar-refractivity contribution in [3.05, 3.63) is 16.1 Å². The molecule has 4 nitrogen and oxygen atoms in total. The maximum absolute atomic E-state index is 4.61. The van der Waals surface area contributed by atoms with Crippen molar-refractivity contribution in [2.45, 2.75) is 13.1 Å². The van der Waals surface area contributed by atoms with Crippen LogP contribution in [0.5, 0.6) is 0 Å². The Morgan fingerprint density at radius 2 is 2.12 bits per heavy atom. The first-order valence-corrected chi connectivity index (χ1v) is 6.64. The van der Waals surface area contributed by atoms with Gasteiger partial charge in [-0.2, -0.15) is 0 Å². The number of hydrogen-bond acceptors (Lipinski definition) is 5. The molecule has 1 N–H and O–H groups in total. The Kier molecular flexibility index (Phi) is 4.29. The predicted molar refractivity (Wildman–Crippen MR) is 67.7 cm³/mol. The van der Waals surface area contributed by atoms with Crippen molar-refractivity contribution < 1.29 is 0 Å². The summed E-state index contributed by atoms with van der Waals surface area (Å²) in [4.78, 5) is 9.48. The van der Waals surface area contributed by atoms with Crippen molar-refractivity contribution in [1.82, 2.24) is 20.1 Å². The highest BCUT2D eigenvalue weighted by Gasteiger charge is 2.15. The van der Waals surface area contributed by atoms with Gasteiger partial charge in [-0.1, -0.05) is 0 Å². The van der Waals surface area contributed by atoms with E-state index in [1.165, 1.54) is 18.1 Å². The van der Waals surface area contributed by atoms with Crippen LogP contribution in [0, 0.1) is 0 Å². The van der Waals surface area contributed by atoms with E-state index in [1.54, 1.807) is 11.3 Å². The van der Waals surface area contributed by atoms with E-state index < -0.39 is 0 Å². The lowest BCUT2D eigenvalue weighted by molar-refractivity contribution is 0.148. The van der Waals surface area contributed by atoms with Crippen LogP contribution < -0.4 is 5.32 Å². The largest absolute Gasteiger partial charge is 0.314 e. The van der Waals surface area contributed by atoms with Gasteiger partial charge in [0.2, 0.25) is 0 Å². The highest BCUT2D eigenvalue weighted by molar-refractivity contribution is 7.09. The Labute approximate surface area is 101 Å². The standard InChI is InChI=1S/C11H20N4S/c1-12-7-10-9-16-11(13-10)8-15-5-3-14(2)4-6-15/h9,12H,3-8H2,1-2H3. The molecule has 0 aliphatic carbocycles. The minimum absolute atomic E-state index is 0.874. The molecule has 2 rings (SSSR count). The van der Waals surface area contributed by atoms with Gasteiger partial charge in [-0.25, -0.2) is 4.98 Å². The van der Waals surface area contributed by atoms with E-state index in [4.69, 9.17) is 0 Å². The second-order valence-electron chi connectivity index (χ2n) is 4.34. The van der Waals surface area contributed by atoms with Crippen LogP contribution in [0.15, 0.2) is 5.38 Å². The van der Waals surface area contributed by atoms with Crippen molar-refractivity contribution in [3.8, 4) is 0 Å². The number of rotatable bonds is 4. The second-order valence-corrected chi connectivity index (χ2v) is 5.28. The second kappa shape index (κ2) is 5.72. The van der Waals surface area contributed by atoms with Crippen molar-refractivity contribution in [2.24, 2.45) is 0 Å². The van der Waals surface area contributed by atoms with E-state index in [2.05, 4.69) is 32.5 Å². The minimum Gasteiger partial charge on any atom is -0.314 e. The minimum atomic E-state index is 0.874. The van der Waals surface area contributed by atoms with Gasteiger partial charge in [0.15, 0.2) is 0 Å². The molecule has 1 aliphatic rings. The molecule has 2 heterocycles. The number of nitrogens with zero attached hydrogens (tertiary/aromatic N) is 3. The summed E-state index contributed by atoms with van der Waals surface area (Å²) in [5.41, 5.74) is 1.16. The highest BCUT2D eigenvalue weighted by atomic mass is 32.1. The van der Waals surface area contributed by atoms with Gasteiger partial charge in [0.1, 0.15) is 5.01 Å². The normalized spacial score (nSPS) is 19.1. The maximum Gasteiger partial charge on any atom is 0.107 e. The fourth-order valence-corrected chi connectivity index (χ4v) is 2.72. The fraction of sp³-hybridized carbons (Fsp3) is 0.727. The number of likely N-dealkylation sites (N-methyl/N-ethyl adjacent to an activating group) is 1. The molecular weight excluding hydrogens is 220 g/mol. The Morgan fingerprint density at radius 1 is 1.38 bits per heavy atom. The molecule has 1 aromatic heterocycles. The zero-order chi connectivity index (χ0) is 11.4. The van der Waals surface area contributed by atoms with E-state index in [1.807, 2.05) is 7.05 Å². The average molecular weight is 240 g/mol. The van der Waals surface area contributed by atoms with Gasteiger partial charge in [0, 0.05) is 38.1 Å². The summed E-state index contributed by atoms with van der Waals surface area (Å²) in [6, 6.07) is 0. The maximum atomic E-state index is 4.61. The molecule has 0 radical (unpaired) electrons. The predicted octanol–water partition coefficient (Wildman–Crippen LogP) is 0.610. The quantitative estimate of drug-likeness (QED) is 0.835. The highest BCUT2D eigenvalue weighted by Crippen LogP contribution is 2.13. The Balaban J connectivity index is 1.83. The number of nitrogens with one attached hydrogen (secondary N) is 1. The smallest absolute Gasteiger partial charge is 0.107 e. The summed E-state index contributed by atoms with van der Waals surface area (Å²) in [5, 5.41) is 6.53. The van der Waals surface area contributed by atoms with Crippen molar-refractivity contribution in [2.75, 3.05) is 40.3 Å². The van der Waals surface area contributed by atoms with Gasteiger partial charge in [-0.05, 0) is 14.1 Å². The van der Waals surface area contributed by atoms with E-state index in [0.29, 0.717) is 0 Å². The van der Waals surface area contributed by atoms with Crippen LogP contribution in [0.25, 0.3) is 0 Å². The zero-order valence-corrected chi connectivity index (χ0v) is 10.9. The Hall–Kier alpha value is -0.490. The van der Waals surface area contributed by atoms with Crippen LogP contribution in [0.1, 0.15) is 10.7 Å². The van der Waals surface area contributed by atoms with E-state index >= 15 is 0 Å². The molecule has 0 spiro atoms. The SMILES string of the molecule is CNCc1csc(CN2CCN(C)CC2)n1. The van der Waals surface area contributed by atoms with Crippen LogP contribution in [0.4, 0.5) is 0 Å². The molecule has 1 fully saturated rings. The number of aromatic nitrogens is 1. The molecular formula is C11H20N4S. The molecule has 16 heavy (non-hydrogen) atoms. The van der Waals surface area contributed by atoms with Crippen LogP contribution in [0.3, 0.4) is 0 Å². The van der Waals surface area contributed by atoms with Gasteiger partial charge in [-0.3, -0.25) is 4.90 Å². The first-order valence-electron chi connectivity index (χ1n) is 5.76. The fourth-order valence-electron chi connectivity index (χ4n) is 1.88. The third-order valence-electron chi connectivity index (χ3n) is 2.91. The lowest BCUT2D eigenvalue weighted by Gasteiger charge is -2.31. The Morgan fingerprint density at radius 3 is 2.81 bits per heavy atom. The summed E-state index contributed by atoms with van der Waals surface area (Å²) >= 11 is 1.78. The summed E-state index contributed by atoms with van der Waals surface area (Å²) in [6.45, 7) is 6.57. The molecule has 0 unspecified atom stereocenters. The first-order chi connectivity index (χ1) is 7.78. The average Bonchev–Trinajstić information content (AvgIpc) is 2.70. The zero-order valence-electron chi connectivity index (χ0n) is 10.1. The molecule has 5 heteroatoms. The lowest BCUT2D eigenvalue weighted by atomic mass is 10.3. The number of thiazole rings is 1. The van der Waals surface area contributed by atoms with Gasteiger partial charge >= 0.3 is 0 Å². The topological polar surface area (TPSA) is 31.4 Å². The molecule has 0 bridgehead atoms. The molecule has 1 saturated heterocycles. The van der Waals surface area contributed by atoms with Crippen LogP contribution in [0.2, 0.25) is 0 Å². The first kappa shape index (κ1) is 12.0. The van der Waals surface area contributed by atoms with Gasteiger partial charge in [-0.15, -0.1) is 11.3 Å². The monoisotopic (exact) mass is 240 g/mol. The van der Waals surface area contributed by atoms with Gasteiger partial charge in [0.05, 0.1) is 12.2 Å². The molecule has 0 aromatic carbocycles. The van der Waals surface area contributed by atoms with Crippen LogP contribution in [-0.2, 0) is 13.1 Å². The van der Waals surface area contributed by atoms with Gasteiger partial charge < -0.3 is 10.2 Å². The van der Waals surface area contributed by atoms with Crippen molar-refractivity contribution >= 4 is 11.3 Å². The summed E-state index contributed by atoms with van der Waals surface area (Å²) < 4.78 is 0. The summed E-state index contributed by atoms with van der Waals surface area (Å²) in [5.74, 6) is 0. The number of piperazine rings is 1. The summed E-state index contributed by atoms with van der Waals surface area (Å²) in [7, 11) is 4.14.